The smallest absolute Gasteiger partial charge is 0.231 e. The molecule has 0 fully saturated rings. The Labute approximate surface area is 109 Å². The van der Waals surface area contributed by atoms with Gasteiger partial charge in [0.05, 0.1) is 6.61 Å². The lowest BCUT2D eigenvalue weighted by molar-refractivity contribution is 0.174. The van der Waals surface area contributed by atoms with Gasteiger partial charge >= 0.3 is 0 Å². The summed E-state index contributed by atoms with van der Waals surface area (Å²) >= 11 is 0. The van der Waals surface area contributed by atoms with Gasteiger partial charge in [-0.25, -0.2) is 4.39 Å². The Morgan fingerprint density at radius 3 is 2.79 bits per heavy atom. The Hall–Kier alpha value is -2.27. The lowest BCUT2D eigenvalue weighted by Crippen LogP contribution is -1.93. The van der Waals surface area contributed by atoms with E-state index in [9.17, 15) is 9.50 Å². The van der Waals surface area contributed by atoms with E-state index < -0.39 is 5.82 Å². The minimum absolute atomic E-state index is 0.192. The Morgan fingerprint density at radius 1 is 1.11 bits per heavy atom. The first-order valence-electron chi connectivity index (χ1n) is 5.73. The van der Waals surface area contributed by atoms with Crippen molar-refractivity contribution >= 4 is 0 Å². The van der Waals surface area contributed by atoms with Crippen LogP contribution in [0.15, 0.2) is 36.4 Å². The van der Waals surface area contributed by atoms with Crippen LogP contribution in [0.2, 0.25) is 0 Å². The van der Waals surface area contributed by atoms with Crippen molar-refractivity contribution in [2.45, 2.75) is 6.61 Å². The number of hydrogen-bond acceptors (Lipinski definition) is 4. The maximum Gasteiger partial charge on any atom is 0.231 e. The molecule has 2 aromatic carbocycles. The molecule has 2 aromatic rings. The maximum absolute atomic E-state index is 13.0. The molecule has 0 radical (unpaired) electrons. The fraction of sp³-hybridized carbons (Fsp3) is 0.143. The number of aliphatic hydroxyl groups is 1. The second kappa shape index (κ2) is 4.78. The van der Waals surface area contributed by atoms with Crippen LogP contribution in [0.25, 0.3) is 0 Å². The summed E-state index contributed by atoms with van der Waals surface area (Å²) in [4.78, 5) is 0. The van der Waals surface area contributed by atoms with Gasteiger partial charge in [0.2, 0.25) is 6.79 Å². The lowest BCUT2D eigenvalue weighted by Gasteiger charge is -2.10. The molecule has 0 saturated carbocycles. The molecule has 0 aromatic heterocycles. The van der Waals surface area contributed by atoms with E-state index in [-0.39, 0.29) is 13.4 Å². The van der Waals surface area contributed by atoms with Gasteiger partial charge in [-0.05, 0) is 30.3 Å². The summed E-state index contributed by atoms with van der Waals surface area (Å²) in [7, 11) is 0. The van der Waals surface area contributed by atoms with Crippen LogP contribution in [0.1, 0.15) is 5.56 Å². The fourth-order valence-electron chi connectivity index (χ4n) is 1.84. The number of aliphatic hydroxyl groups excluding tert-OH is 1. The number of benzene rings is 2. The van der Waals surface area contributed by atoms with Crippen LogP contribution < -0.4 is 14.2 Å². The normalized spacial score (nSPS) is 12.5. The van der Waals surface area contributed by atoms with Crippen LogP contribution in [-0.2, 0) is 6.61 Å². The van der Waals surface area contributed by atoms with Crippen molar-refractivity contribution < 1.29 is 23.7 Å². The second-order valence-corrected chi connectivity index (χ2v) is 4.03. The quantitative estimate of drug-likeness (QED) is 0.924. The van der Waals surface area contributed by atoms with Crippen molar-refractivity contribution in [2.24, 2.45) is 0 Å². The molecule has 1 heterocycles. The molecule has 1 aliphatic heterocycles. The van der Waals surface area contributed by atoms with Crippen LogP contribution >= 0.6 is 0 Å². The van der Waals surface area contributed by atoms with Crippen molar-refractivity contribution in [3.63, 3.8) is 0 Å². The zero-order valence-corrected chi connectivity index (χ0v) is 9.93. The van der Waals surface area contributed by atoms with Crippen LogP contribution in [0.5, 0.6) is 23.0 Å². The van der Waals surface area contributed by atoms with Gasteiger partial charge in [0.1, 0.15) is 17.3 Å². The molecule has 98 valence electrons. The Bertz CT molecular complexity index is 612. The van der Waals surface area contributed by atoms with Gasteiger partial charge in [-0.15, -0.1) is 0 Å². The molecule has 1 N–H and O–H groups in total. The van der Waals surface area contributed by atoms with Gasteiger partial charge in [0, 0.05) is 11.6 Å². The van der Waals surface area contributed by atoms with E-state index in [1.807, 2.05) is 0 Å². The Morgan fingerprint density at radius 2 is 1.95 bits per heavy atom. The predicted molar refractivity (Wildman–Crippen MR) is 65.0 cm³/mol. The molecule has 0 bridgehead atoms. The largest absolute Gasteiger partial charge is 0.457 e. The van der Waals surface area contributed by atoms with Crippen molar-refractivity contribution in [1.29, 1.82) is 0 Å². The highest BCUT2D eigenvalue weighted by molar-refractivity contribution is 5.48. The molecule has 3 rings (SSSR count). The molecule has 4 nitrogen and oxygen atoms in total. The van der Waals surface area contributed by atoms with E-state index in [0.717, 1.165) is 0 Å². The standard InChI is InChI=1S/C14H11FO4/c15-10-1-3-12(9(5-10)7-16)19-11-2-4-13-14(6-11)18-8-17-13/h1-6,16H,7-8H2. The molecule has 0 aliphatic carbocycles. The number of rotatable bonds is 3. The van der Waals surface area contributed by atoms with Crippen molar-refractivity contribution in [1.82, 2.24) is 0 Å². The van der Waals surface area contributed by atoms with Crippen molar-refractivity contribution in [2.75, 3.05) is 6.79 Å². The van der Waals surface area contributed by atoms with E-state index in [2.05, 4.69) is 0 Å². The summed E-state index contributed by atoms with van der Waals surface area (Å²) in [6, 6.07) is 9.14. The van der Waals surface area contributed by atoms with E-state index in [4.69, 9.17) is 14.2 Å². The first-order valence-corrected chi connectivity index (χ1v) is 5.73. The summed E-state index contributed by atoms with van der Waals surface area (Å²) in [5.41, 5.74) is 0.387. The van der Waals surface area contributed by atoms with Gasteiger partial charge in [0.25, 0.3) is 0 Å². The monoisotopic (exact) mass is 262 g/mol. The predicted octanol–water partition coefficient (Wildman–Crippen LogP) is 2.84. The molecule has 0 amide bonds. The van der Waals surface area contributed by atoms with Crippen molar-refractivity contribution in [3.8, 4) is 23.0 Å². The summed E-state index contributed by atoms with van der Waals surface area (Å²) in [6.07, 6.45) is 0. The van der Waals surface area contributed by atoms with Crippen LogP contribution in [0.4, 0.5) is 4.39 Å². The zero-order chi connectivity index (χ0) is 13.2. The number of hydrogen-bond donors (Lipinski definition) is 1. The van der Waals surface area contributed by atoms with Gasteiger partial charge in [-0.3, -0.25) is 0 Å². The van der Waals surface area contributed by atoms with Crippen LogP contribution in [0.3, 0.4) is 0 Å². The average Bonchev–Trinajstić information content (AvgIpc) is 2.88. The molecule has 0 saturated heterocycles. The molecular weight excluding hydrogens is 251 g/mol. The molecule has 0 unspecified atom stereocenters. The van der Waals surface area contributed by atoms with E-state index in [1.165, 1.54) is 18.2 Å². The number of fused-ring (bicyclic) bond motifs is 1. The average molecular weight is 262 g/mol. The molecular formula is C14H11FO4. The summed E-state index contributed by atoms with van der Waals surface area (Å²) in [5, 5.41) is 9.18. The maximum atomic E-state index is 13.0. The summed E-state index contributed by atoms with van der Waals surface area (Å²) in [6.45, 7) is -0.102. The highest BCUT2D eigenvalue weighted by Gasteiger charge is 2.14. The van der Waals surface area contributed by atoms with Crippen LogP contribution in [-0.4, -0.2) is 11.9 Å². The highest BCUT2D eigenvalue weighted by atomic mass is 19.1. The third-order valence-electron chi connectivity index (χ3n) is 2.76. The minimum atomic E-state index is -0.415. The molecule has 0 spiro atoms. The Balaban J connectivity index is 1.89. The van der Waals surface area contributed by atoms with E-state index in [0.29, 0.717) is 28.6 Å². The summed E-state index contributed by atoms with van der Waals surface area (Å²) < 4.78 is 29.1. The highest BCUT2D eigenvalue weighted by Crippen LogP contribution is 2.37. The minimum Gasteiger partial charge on any atom is -0.457 e. The molecule has 1 aliphatic rings. The summed E-state index contributed by atoms with van der Waals surface area (Å²) in [5.74, 6) is 1.79. The van der Waals surface area contributed by atoms with Gasteiger partial charge < -0.3 is 19.3 Å². The van der Waals surface area contributed by atoms with E-state index >= 15 is 0 Å². The SMILES string of the molecule is OCc1cc(F)ccc1Oc1ccc2c(c1)OCO2. The number of halogens is 1. The first kappa shape index (κ1) is 11.8. The van der Waals surface area contributed by atoms with Gasteiger partial charge in [0.15, 0.2) is 11.5 Å². The fourth-order valence-corrected chi connectivity index (χ4v) is 1.84. The Kier molecular flexibility index (Phi) is 2.97. The zero-order valence-electron chi connectivity index (χ0n) is 9.93. The lowest BCUT2D eigenvalue weighted by atomic mass is 10.2. The third-order valence-corrected chi connectivity index (χ3v) is 2.76. The van der Waals surface area contributed by atoms with Gasteiger partial charge in [-0.1, -0.05) is 0 Å². The first-order chi connectivity index (χ1) is 9.26. The third kappa shape index (κ3) is 2.32. The molecule has 5 heteroatoms. The molecule has 0 atom stereocenters. The van der Waals surface area contributed by atoms with E-state index in [1.54, 1.807) is 18.2 Å². The van der Waals surface area contributed by atoms with Gasteiger partial charge in [-0.2, -0.15) is 0 Å². The topological polar surface area (TPSA) is 47.9 Å². The number of ether oxygens (including phenoxy) is 3. The van der Waals surface area contributed by atoms with Crippen molar-refractivity contribution in [3.05, 3.63) is 47.8 Å². The molecule has 19 heavy (non-hydrogen) atoms. The van der Waals surface area contributed by atoms with Crippen LogP contribution in [0, 0.1) is 5.82 Å². The second-order valence-electron chi connectivity index (χ2n) is 4.03.